The third kappa shape index (κ3) is 3.98. The van der Waals surface area contributed by atoms with Gasteiger partial charge in [-0.25, -0.2) is 9.97 Å². The van der Waals surface area contributed by atoms with Gasteiger partial charge in [-0.2, -0.15) is 0 Å². The van der Waals surface area contributed by atoms with Gasteiger partial charge in [-0.05, 0) is 18.9 Å². The van der Waals surface area contributed by atoms with Crippen LogP contribution in [-0.4, -0.2) is 24.2 Å². The Kier molecular flexibility index (Phi) is 5.73. The number of hydrogen-bond acceptors (Lipinski definition) is 4. The number of ether oxygens (including phenoxy) is 2. The highest BCUT2D eigenvalue weighted by atomic mass is 16.7. The zero-order valence-electron chi connectivity index (χ0n) is 12.0. The highest BCUT2D eigenvalue weighted by molar-refractivity contribution is 5.07. The molecule has 0 atom stereocenters. The molecule has 1 aromatic heterocycles. The van der Waals surface area contributed by atoms with E-state index in [0.717, 1.165) is 11.5 Å². The summed E-state index contributed by atoms with van der Waals surface area (Å²) >= 11 is 0. The number of methoxy groups -OCH3 is 2. The highest BCUT2D eigenvalue weighted by Crippen LogP contribution is 2.29. The summed E-state index contributed by atoms with van der Waals surface area (Å²) in [4.78, 5) is 9.11. The molecule has 0 radical (unpaired) electrons. The number of rotatable bonds is 4. The fraction of sp³-hybridized carbons (Fsp3) is 0.733. The second-order valence-corrected chi connectivity index (χ2v) is 5.19. The second-order valence-electron chi connectivity index (χ2n) is 5.19. The summed E-state index contributed by atoms with van der Waals surface area (Å²) in [6.07, 6.45) is 10.5. The van der Waals surface area contributed by atoms with Crippen molar-refractivity contribution in [2.45, 2.75) is 57.2 Å². The lowest BCUT2D eigenvalue weighted by Gasteiger charge is -2.20. The summed E-state index contributed by atoms with van der Waals surface area (Å²) in [6, 6.07) is 1.87. The van der Waals surface area contributed by atoms with Crippen LogP contribution in [0.4, 0.5) is 0 Å². The van der Waals surface area contributed by atoms with Crippen molar-refractivity contribution >= 4 is 0 Å². The molecule has 1 saturated carbocycles. The van der Waals surface area contributed by atoms with Crippen molar-refractivity contribution in [1.82, 2.24) is 9.97 Å². The van der Waals surface area contributed by atoms with Crippen molar-refractivity contribution in [3.05, 3.63) is 23.8 Å². The maximum Gasteiger partial charge on any atom is 0.200 e. The number of aromatic nitrogens is 2. The van der Waals surface area contributed by atoms with Crippen molar-refractivity contribution in [3.63, 3.8) is 0 Å². The zero-order valence-corrected chi connectivity index (χ0v) is 12.0. The van der Waals surface area contributed by atoms with Gasteiger partial charge in [0, 0.05) is 26.3 Å². The molecule has 1 aliphatic rings. The lowest BCUT2D eigenvalue weighted by Crippen LogP contribution is -2.12. The monoisotopic (exact) mass is 264 g/mol. The van der Waals surface area contributed by atoms with E-state index in [9.17, 15) is 0 Å². The standard InChI is InChI=1S/C15H24N2O2/c1-18-15(19-2)13-10-11-16-14(17-13)12-8-6-4-3-5-7-9-12/h10-12,15H,3-9H2,1-2H3. The Morgan fingerprint density at radius 1 is 1.05 bits per heavy atom. The largest absolute Gasteiger partial charge is 0.350 e. The maximum absolute atomic E-state index is 5.26. The van der Waals surface area contributed by atoms with Crippen molar-refractivity contribution in [3.8, 4) is 0 Å². The Hall–Kier alpha value is -1.00. The summed E-state index contributed by atoms with van der Waals surface area (Å²) in [5.74, 6) is 1.45. The predicted octanol–water partition coefficient (Wildman–Crippen LogP) is 3.60. The van der Waals surface area contributed by atoms with E-state index in [2.05, 4.69) is 9.97 Å². The first-order chi connectivity index (χ1) is 9.35. The van der Waals surface area contributed by atoms with Gasteiger partial charge in [-0.15, -0.1) is 0 Å². The molecule has 0 unspecified atom stereocenters. The minimum absolute atomic E-state index is 0.393. The lowest BCUT2D eigenvalue weighted by molar-refractivity contribution is -0.108. The maximum atomic E-state index is 5.26. The van der Waals surface area contributed by atoms with Crippen LogP contribution in [0.1, 0.15) is 68.7 Å². The van der Waals surface area contributed by atoms with E-state index in [0.29, 0.717) is 5.92 Å². The molecule has 4 nitrogen and oxygen atoms in total. The number of hydrogen-bond donors (Lipinski definition) is 0. The van der Waals surface area contributed by atoms with Crippen molar-refractivity contribution < 1.29 is 9.47 Å². The lowest BCUT2D eigenvalue weighted by atomic mass is 9.90. The van der Waals surface area contributed by atoms with Gasteiger partial charge in [0.2, 0.25) is 6.29 Å². The average molecular weight is 264 g/mol. The van der Waals surface area contributed by atoms with Crippen LogP contribution >= 0.6 is 0 Å². The van der Waals surface area contributed by atoms with Gasteiger partial charge in [-0.3, -0.25) is 0 Å². The van der Waals surface area contributed by atoms with Gasteiger partial charge in [0.1, 0.15) is 5.82 Å². The molecule has 0 bridgehead atoms. The molecular weight excluding hydrogens is 240 g/mol. The summed E-state index contributed by atoms with van der Waals surface area (Å²) in [5.41, 5.74) is 0.817. The molecule has 4 heteroatoms. The Bertz CT molecular complexity index is 372. The van der Waals surface area contributed by atoms with Crippen LogP contribution in [0.5, 0.6) is 0 Å². The smallest absolute Gasteiger partial charge is 0.200 e. The first-order valence-electron chi connectivity index (χ1n) is 7.23. The molecule has 1 heterocycles. The van der Waals surface area contributed by atoms with E-state index in [1.165, 1.54) is 44.9 Å². The Labute approximate surface area is 115 Å². The van der Waals surface area contributed by atoms with Crippen molar-refractivity contribution in [2.24, 2.45) is 0 Å². The molecule has 2 rings (SSSR count). The molecule has 1 fully saturated rings. The molecule has 0 aliphatic heterocycles. The highest BCUT2D eigenvalue weighted by Gasteiger charge is 2.18. The minimum atomic E-state index is -0.393. The molecule has 106 valence electrons. The number of nitrogens with zero attached hydrogens (tertiary/aromatic N) is 2. The van der Waals surface area contributed by atoms with Gasteiger partial charge in [0.05, 0.1) is 5.69 Å². The van der Waals surface area contributed by atoms with Crippen LogP contribution in [0, 0.1) is 0 Å². The third-order valence-electron chi connectivity index (χ3n) is 3.84. The Balaban J connectivity index is 2.11. The first-order valence-corrected chi connectivity index (χ1v) is 7.23. The first kappa shape index (κ1) is 14.4. The zero-order chi connectivity index (χ0) is 13.5. The van der Waals surface area contributed by atoms with E-state index in [1.807, 2.05) is 12.3 Å². The normalized spacial score (nSPS) is 18.3. The van der Waals surface area contributed by atoms with Crippen LogP contribution in [0.25, 0.3) is 0 Å². The molecule has 19 heavy (non-hydrogen) atoms. The molecule has 0 spiro atoms. The summed E-state index contributed by atoms with van der Waals surface area (Å²) in [5, 5.41) is 0. The molecule has 1 aromatic rings. The fourth-order valence-electron chi connectivity index (χ4n) is 2.77. The van der Waals surface area contributed by atoms with E-state index in [-0.39, 0.29) is 0 Å². The molecule has 0 aromatic carbocycles. The van der Waals surface area contributed by atoms with Gasteiger partial charge in [0.25, 0.3) is 0 Å². The van der Waals surface area contributed by atoms with Gasteiger partial charge in [0.15, 0.2) is 0 Å². The molecule has 0 N–H and O–H groups in total. The van der Waals surface area contributed by atoms with Crippen LogP contribution in [0.3, 0.4) is 0 Å². The summed E-state index contributed by atoms with van der Waals surface area (Å²) in [6.45, 7) is 0. The van der Waals surface area contributed by atoms with Crippen LogP contribution in [0.15, 0.2) is 12.3 Å². The SMILES string of the molecule is COC(OC)c1ccnc(C2CCCCCCC2)n1. The Morgan fingerprint density at radius 3 is 2.32 bits per heavy atom. The molecule has 0 saturated heterocycles. The van der Waals surface area contributed by atoms with Crippen molar-refractivity contribution in [2.75, 3.05) is 14.2 Å². The topological polar surface area (TPSA) is 44.2 Å². The van der Waals surface area contributed by atoms with Gasteiger partial charge in [-0.1, -0.05) is 32.1 Å². The molecule has 0 amide bonds. The average Bonchev–Trinajstić information content (AvgIpc) is 2.40. The second kappa shape index (κ2) is 7.56. The quantitative estimate of drug-likeness (QED) is 0.779. The summed E-state index contributed by atoms with van der Waals surface area (Å²) < 4.78 is 10.5. The van der Waals surface area contributed by atoms with E-state index in [4.69, 9.17) is 9.47 Å². The van der Waals surface area contributed by atoms with Crippen LogP contribution in [0.2, 0.25) is 0 Å². The fourth-order valence-corrected chi connectivity index (χ4v) is 2.77. The van der Waals surface area contributed by atoms with Gasteiger partial charge < -0.3 is 9.47 Å². The molecular formula is C15H24N2O2. The van der Waals surface area contributed by atoms with E-state index < -0.39 is 6.29 Å². The van der Waals surface area contributed by atoms with Crippen LogP contribution < -0.4 is 0 Å². The third-order valence-corrected chi connectivity index (χ3v) is 3.84. The predicted molar refractivity (Wildman–Crippen MR) is 73.9 cm³/mol. The minimum Gasteiger partial charge on any atom is -0.350 e. The molecule has 1 aliphatic carbocycles. The van der Waals surface area contributed by atoms with Crippen molar-refractivity contribution in [1.29, 1.82) is 0 Å². The van der Waals surface area contributed by atoms with E-state index >= 15 is 0 Å². The summed E-state index contributed by atoms with van der Waals surface area (Å²) in [7, 11) is 3.26. The van der Waals surface area contributed by atoms with Gasteiger partial charge >= 0.3 is 0 Å². The van der Waals surface area contributed by atoms with E-state index in [1.54, 1.807) is 14.2 Å². The van der Waals surface area contributed by atoms with Crippen LogP contribution in [-0.2, 0) is 9.47 Å². The Morgan fingerprint density at radius 2 is 1.68 bits per heavy atom.